The van der Waals surface area contributed by atoms with Crippen LogP contribution in [0.4, 0.5) is 0 Å². The maximum atomic E-state index is 11.2. The number of nitrogens with zero attached hydrogens (tertiary/aromatic N) is 2. The van der Waals surface area contributed by atoms with E-state index in [1.54, 1.807) is 14.0 Å². The average molecular weight is 308 g/mol. The maximum absolute atomic E-state index is 11.2. The van der Waals surface area contributed by atoms with Gasteiger partial charge in [-0.2, -0.15) is 0 Å². The van der Waals surface area contributed by atoms with Crippen molar-refractivity contribution in [2.75, 3.05) is 7.11 Å². The van der Waals surface area contributed by atoms with E-state index in [-0.39, 0.29) is 5.69 Å². The molecule has 0 saturated carbocycles. The molecule has 23 heavy (non-hydrogen) atoms. The number of ether oxygens (including phenoxy) is 1. The zero-order valence-electron chi connectivity index (χ0n) is 12.9. The Morgan fingerprint density at radius 2 is 1.91 bits per heavy atom. The van der Waals surface area contributed by atoms with Gasteiger partial charge in [-0.1, -0.05) is 24.3 Å². The molecular weight excluding hydrogens is 292 g/mol. The predicted molar refractivity (Wildman–Crippen MR) is 87.0 cm³/mol. The van der Waals surface area contributed by atoms with Gasteiger partial charge in [-0.05, 0) is 35.4 Å². The second-order valence-electron chi connectivity index (χ2n) is 5.32. The van der Waals surface area contributed by atoms with Crippen molar-refractivity contribution in [3.63, 3.8) is 0 Å². The van der Waals surface area contributed by atoms with Gasteiger partial charge in [0.2, 0.25) is 0 Å². The van der Waals surface area contributed by atoms with Gasteiger partial charge in [-0.15, -0.1) is 0 Å². The molecule has 0 fully saturated rings. The van der Waals surface area contributed by atoms with Gasteiger partial charge in [0.15, 0.2) is 5.69 Å². The first-order valence-electron chi connectivity index (χ1n) is 7.19. The van der Waals surface area contributed by atoms with E-state index >= 15 is 0 Å². The SMILES string of the molecule is COc1ccc2ccc(Cc3ncnc(C(=O)O)c3C)cc2c1. The molecular formula is C18H16N2O3. The number of carboxylic acids is 1. The molecule has 1 heterocycles. The van der Waals surface area contributed by atoms with Crippen molar-refractivity contribution in [1.29, 1.82) is 0 Å². The largest absolute Gasteiger partial charge is 0.497 e. The highest BCUT2D eigenvalue weighted by atomic mass is 16.5. The molecule has 3 rings (SSSR count). The number of carboxylic acid groups (broad SMARTS) is 1. The van der Waals surface area contributed by atoms with Crippen LogP contribution in [0.2, 0.25) is 0 Å². The number of hydrogen-bond acceptors (Lipinski definition) is 4. The van der Waals surface area contributed by atoms with Crippen LogP contribution in [0, 0.1) is 6.92 Å². The minimum Gasteiger partial charge on any atom is -0.497 e. The molecule has 116 valence electrons. The molecule has 0 bridgehead atoms. The molecule has 0 unspecified atom stereocenters. The molecule has 3 aromatic rings. The molecule has 5 nitrogen and oxygen atoms in total. The number of carbonyl (C=O) groups is 1. The first-order valence-corrected chi connectivity index (χ1v) is 7.19. The lowest BCUT2D eigenvalue weighted by molar-refractivity contribution is 0.0689. The minimum absolute atomic E-state index is 0.0532. The predicted octanol–water partition coefficient (Wildman–Crippen LogP) is 3.24. The van der Waals surface area contributed by atoms with Crippen molar-refractivity contribution in [3.05, 3.63) is 65.2 Å². The summed E-state index contributed by atoms with van der Waals surface area (Å²) < 4.78 is 5.26. The Kier molecular flexibility index (Phi) is 3.93. The molecule has 1 aromatic heterocycles. The zero-order valence-corrected chi connectivity index (χ0v) is 12.9. The van der Waals surface area contributed by atoms with Crippen molar-refractivity contribution in [2.45, 2.75) is 13.3 Å². The van der Waals surface area contributed by atoms with Gasteiger partial charge in [0.1, 0.15) is 12.1 Å². The van der Waals surface area contributed by atoms with Gasteiger partial charge in [-0.3, -0.25) is 0 Å². The van der Waals surface area contributed by atoms with Crippen LogP contribution < -0.4 is 4.74 Å². The maximum Gasteiger partial charge on any atom is 0.354 e. The lowest BCUT2D eigenvalue weighted by atomic mass is 10.0. The number of rotatable bonds is 4. The molecule has 0 aliphatic carbocycles. The molecule has 1 N–H and O–H groups in total. The normalized spacial score (nSPS) is 10.7. The first kappa shape index (κ1) is 15.0. The van der Waals surface area contributed by atoms with Crippen LogP contribution >= 0.6 is 0 Å². The van der Waals surface area contributed by atoms with Crippen molar-refractivity contribution in [3.8, 4) is 5.75 Å². The quantitative estimate of drug-likeness (QED) is 0.801. The Hall–Kier alpha value is -2.95. The molecule has 0 spiro atoms. The van der Waals surface area contributed by atoms with Crippen molar-refractivity contribution >= 4 is 16.7 Å². The van der Waals surface area contributed by atoms with Crippen LogP contribution in [0.3, 0.4) is 0 Å². The molecule has 0 aliphatic rings. The third-order valence-electron chi connectivity index (χ3n) is 3.87. The molecule has 5 heteroatoms. The van der Waals surface area contributed by atoms with Crippen LogP contribution in [0.5, 0.6) is 5.75 Å². The number of fused-ring (bicyclic) bond motifs is 1. The highest BCUT2D eigenvalue weighted by molar-refractivity contribution is 5.87. The van der Waals surface area contributed by atoms with Crippen molar-refractivity contribution < 1.29 is 14.6 Å². The minimum atomic E-state index is -1.03. The van der Waals surface area contributed by atoms with E-state index in [0.717, 1.165) is 27.8 Å². The summed E-state index contributed by atoms with van der Waals surface area (Å²) in [6.07, 6.45) is 1.86. The molecule has 0 radical (unpaired) electrons. The lowest BCUT2D eigenvalue weighted by Crippen LogP contribution is -2.08. The van der Waals surface area contributed by atoms with Crippen LogP contribution in [-0.2, 0) is 6.42 Å². The van der Waals surface area contributed by atoms with E-state index in [4.69, 9.17) is 9.84 Å². The van der Waals surface area contributed by atoms with Crippen molar-refractivity contribution in [1.82, 2.24) is 9.97 Å². The van der Waals surface area contributed by atoms with Crippen LogP contribution in [0.1, 0.15) is 27.3 Å². The van der Waals surface area contributed by atoms with E-state index in [2.05, 4.69) is 16.0 Å². The van der Waals surface area contributed by atoms with E-state index in [9.17, 15) is 4.79 Å². The summed E-state index contributed by atoms with van der Waals surface area (Å²) in [6.45, 7) is 1.74. The number of methoxy groups -OCH3 is 1. The molecule has 0 atom stereocenters. The Morgan fingerprint density at radius 1 is 1.13 bits per heavy atom. The summed E-state index contributed by atoms with van der Waals surface area (Å²) in [6, 6.07) is 12.1. The van der Waals surface area contributed by atoms with Gasteiger partial charge in [-0.25, -0.2) is 14.8 Å². The Bertz CT molecular complexity index is 891. The number of hydrogen-bond donors (Lipinski definition) is 1. The molecule has 2 aromatic carbocycles. The van der Waals surface area contributed by atoms with Gasteiger partial charge in [0.25, 0.3) is 0 Å². The first-order chi connectivity index (χ1) is 11.1. The highest BCUT2D eigenvalue weighted by Gasteiger charge is 2.13. The number of aromatic carboxylic acids is 1. The summed E-state index contributed by atoms with van der Waals surface area (Å²) in [7, 11) is 1.64. The van der Waals surface area contributed by atoms with Gasteiger partial charge in [0, 0.05) is 12.0 Å². The summed E-state index contributed by atoms with van der Waals surface area (Å²) in [5.74, 6) is -0.226. The smallest absolute Gasteiger partial charge is 0.354 e. The van der Waals surface area contributed by atoms with E-state index in [1.807, 2.05) is 30.3 Å². The lowest BCUT2D eigenvalue weighted by Gasteiger charge is -2.08. The summed E-state index contributed by atoms with van der Waals surface area (Å²) in [4.78, 5) is 19.2. The fourth-order valence-corrected chi connectivity index (χ4v) is 2.59. The van der Waals surface area contributed by atoms with Crippen molar-refractivity contribution in [2.24, 2.45) is 0 Å². The topological polar surface area (TPSA) is 72.3 Å². The molecule has 0 amide bonds. The standard InChI is InChI=1S/C18H16N2O3/c1-11-16(19-10-20-17(11)18(21)22)8-12-3-4-13-5-6-15(23-2)9-14(13)7-12/h3-7,9-10H,8H2,1-2H3,(H,21,22). The van der Waals surface area contributed by atoms with E-state index in [0.29, 0.717) is 12.0 Å². The van der Waals surface area contributed by atoms with Crippen LogP contribution in [0.25, 0.3) is 10.8 Å². The van der Waals surface area contributed by atoms with Gasteiger partial charge >= 0.3 is 5.97 Å². The fourth-order valence-electron chi connectivity index (χ4n) is 2.59. The zero-order chi connectivity index (χ0) is 16.4. The Balaban J connectivity index is 1.98. The summed E-state index contributed by atoms with van der Waals surface area (Å²) >= 11 is 0. The second-order valence-corrected chi connectivity index (χ2v) is 5.32. The average Bonchev–Trinajstić information content (AvgIpc) is 2.55. The Labute approximate surface area is 133 Å². The van der Waals surface area contributed by atoms with E-state index in [1.165, 1.54) is 6.33 Å². The van der Waals surface area contributed by atoms with E-state index < -0.39 is 5.97 Å². The number of benzene rings is 2. The highest BCUT2D eigenvalue weighted by Crippen LogP contribution is 2.23. The van der Waals surface area contributed by atoms with Crippen LogP contribution in [0.15, 0.2) is 42.7 Å². The third-order valence-corrected chi connectivity index (χ3v) is 3.87. The van der Waals surface area contributed by atoms with Gasteiger partial charge in [0.05, 0.1) is 12.8 Å². The molecule has 0 aliphatic heterocycles. The number of aromatic nitrogens is 2. The summed E-state index contributed by atoms with van der Waals surface area (Å²) in [5, 5.41) is 11.4. The monoisotopic (exact) mass is 308 g/mol. The summed E-state index contributed by atoms with van der Waals surface area (Å²) in [5.41, 5.74) is 2.44. The van der Waals surface area contributed by atoms with Gasteiger partial charge < -0.3 is 9.84 Å². The molecule has 0 saturated heterocycles. The Morgan fingerprint density at radius 3 is 2.65 bits per heavy atom. The van der Waals surface area contributed by atoms with Crippen LogP contribution in [-0.4, -0.2) is 28.2 Å². The third kappa shape index (κ3) is 2.99. The fraction of sp³-hybridized carbons (Fsp3) is 0.167. The second kappa shape index (κ2) is 6.04.